The van der Waals surface area contributed by atoms with Crippen molar-refractivity contribution in [1.29, 1.82) is 0 Å². The van der Waals surface area contributed by atoms with Gasteiger partial charge in [0.1, 0.15) is 6.61 Å². The lowest BCUT2D eigenvalue weighted by atomic mass is 10.1. The highest BCUT2D eigenvalue weighted by Gasteiger charge is 2.26. The van der Waals surface area contributed by atoms with Gasteiger partial charge in [-0.1, -0.05) is 167 Å². The van der Waals surface area contributed by atoms with Crippen molar-refractivity contribution in [2.75, 3.05) is 26.4 Å². The first kappa shape index (κ1) is 53.5. The minimum absolute atomic E-state index is 0.0530. The summed E-state index contributed by atoms with van der Waals surface area (Å²) in [5.74, 6) is -0.834. The molecule has 0 aromatic heterocycles. The van der Waals surface area contributed by atoms with Gasteiger partial charge in [-0.3, -0.25) is 18.6 Å². The van der Waals surface area contributed by atoms with Gasteiger partial charge in [0.15, 0.2) is 6.10 Å². The third kappa shape index (κ3) is 41.9. The van der Waals surface area contributed by atoms with E-state index in [1.165, 1.54) is 135 Å². The number of ether oxygens (including phenoxy) is 2. The Balaban J connectivity index is 4.10. The van der Waals surface area contributed by atoms with Crippen molar-refractivity contribution in [2.45, 2.75) is 225 Å². The van der Waals surface area contributed by atoms with E-state index in [9.17, 15) is 19.0 Å². The summed E-state index contributed by atoms with van der Waals surface area (Å²) in [5, 5.41) is 0. The Morgan fingerprint density at radius 3 is 1.29 bits per heavy atom. The summed E-state index contributed by atoms with van der Waals surface area (Å²) in [4.78, 5) is 34.9. The topological polar surface area (TPSA) is 134 Å². The number of unbranched alkanes of at least 4 members (excludes halogenated alkanes) is 26. The lowest BCUT2D eigenvalue weighted by Crippen LogP contribution is -2.29. The van der Waals surface area contributed by atoms with Crippen LogP contribution in [0.5, 0.6) is 0 Å². The molecule has 0 amide bonds. The molecule has 0 radical (unpaired) electrons. The fraction of sp³-hybridized carbons (Fsp3) is 0.867. The smallest absolute Gasteiger partial charge is 0.462 e. The van der Waals surface area contributed by atoms with Crippen LogP contribution in [0.3, 0.4) is 0 Å². The van der Waals surface area contributed by atoms with Gasteiger partial charge in [-0.15, -0.1) is 0 Å². The summed E-state index contributed by atoms with van der Waals surface area (Å²) in [5.41, 5.74) is 5.35. The summed E-state index contributed by atoms with van der Waals surface area (Å²) in [6.07, 6.45) is 44.9. The molecule has 0 aliphatic carbocycles. The van der Waals surface area contributed by atoms with Crippen LogP contribution >= 0.6 is 7.82 Å². The number of esters is 2. The second kappa shape index (κ2) is 42.1. The van der Waals surface area contributed by atoms with Crippen LogP contribution in [0, 0.1) is 0 Å². The lowest BCUT2D eigenvalue weighted by Gasteiger charge is -2.19. The van der Waals surface area contributed by atoms with Gasteiger partial charge in [-0.05, 0) is 64.2 Å². The summed E-state index contributed by atoms with van der Waals surface area (Å²) >= 11 is 0. The Morgan fingerprint density at radius 1 is 0.527 bits per heavy atom. The molecule has 324 valence electrons. The Morgan fingerprint density at radius 2 is 0.891 bits per heavy atom. The van der Waals surface area contributed by atoms with E-state index in [0.29, 0.717) is 6.42 Å². The Labute approximate surface area is 338 Å². The highest BCUT2D eigenvalue weighted by molar-refractivity contribution is 7.47. The minimum atomic E-state index is -4.38. The van der Waals surface area contributed by atoms with Crippen molar-refractivity contribution in [3.8, 4) is 0 Å². The van der Waals surface area contributed by atoms with Crippen LogP contribution in [0.1, 0.15) is 219 Å². The van der Waals surface area contributed by atoms with E-state index in [-0.39, 0.29) is 38.6 Å². The molecule has 0 aromatic carbocycles. The largest absolute Gasteiger partial charge is 0.472 e. The Hall–Kier alpha value is -1.51. The molecule has 0 aliphatic rings. The first-order chi connectivity index (χ1) is 26.8. The SMILES string of the molecule is CCCCCCCCC=CCCCCCCCCCCCC(=O)OC[C@H](COP(=O)(O)OCCN)OC(=O)CCCCCCCC=CCCCCCCCC. The molecule has 0 rings (SSSR count). The quantitative estimate of drug-likeness (QED) is 0.0267. The number of hydrogen-bond acceptors (Lipinski definition) is 8. The molecule has 0 saturated heterocycles. The van der Waals surface area contributed by atoms with Crippen molar-refractivity contribution in [1.82, 2.24) is 0 Å². The van der Waals surface area contributed by atoms with Crippen LogP contribution in [0.15, 0.2) is 24.3 Å². The molecular weight excluding hydrogens is 713 g/mol. The second-order valence-electron chi connectivity index (χ2n) is 15.3. The van der Waals surface area contributed by atoms with Gasteiger partial charge in [-0.25, -0.2) is 4.57 Å². The normalized spacial score (nSPS) is 13.5. The fourth-order valence-electron chi connectivity index (χ4n) is 6.39. The van der Waals surface area contributed by atoms with E-state index in [0.717, 1.165) is 51.4 Å². The molecule has 0 fully saturated rings. The standard InChI is InChI=1S/C45H86NO8P/c1-3-5-7-9-11-13-15-17-19-20-21-22-24-25-27-29-31-33-35-37-44(47)51-41-43(42-53-55(49,50)52-40-39-46)54-45(48)38-36-34-32-30-28-26-23-18-16-14-12-10-8-6-4-2/h17-19,23,43H,3-16,20-22,24-42,46H2,1-2H3,(H,49,50)/t43-/m1/s1. The highest BCUT2D eigenvalue weighted by atomic mass is 31.2. The molecule has 9 nitrogen and oxygen atoms in total. The molecule has 0 heterocycles. The van der Waals surface area contributed by atoms with E-state index in [4.69, 9.17) is 24.3 Å². The Bertz CT molecular complexity index is 959. The van der Waals surface area contributed by atoms with Gasteiger partial charge < -0.3 is 20.1 Å². The number of carbonyl (C=O) groups excluding carboxylic acids is 2. The predicted molar refractivity (Wildman–Crippen MR) is 229 cm³/mol. The summed E-state index contributed by atoms with van der Waals surface area (Å²) in [6.45, 7) is 3.73. The third-order valence-electron chi connectivity index (χ3n) is 9.81. The fourth-order valence-corrected chi connectivity index (χ4v) is 7.15. The van der Waals surface area contributed by atoms with Crippen molar-refractivity contribution in [3.05, 3.63) is 24.3 Å². The van der Waals surface area contributed by atoms with Gasteiger partial charge in [0.05, 0.1) is 13.2 Å². The third-order valence-corrected chi connectivity index (χ3v) is 10.8. The first-order valence-electron chi connectivity index (χ1n) is 22.8. The second-order valence-corrected chi connectivity index (χ2v) is 16.7. The van der Waals surface area contributed by atoms with E-state index in [1.807, 2.05) is 0 Å². The maximum Gasteiger partial charge on any atom is 0.472 e. The van der Waals surface area contributed by atoms with E-state index in [1.54, 1.807) is 0 Å². The zero-order valence-electron chi connectivity index (χ0n) is 35.7. The van der Waals surface area contributed by atoms with Gasteiger partial charge in [0, 0.05) is 19.4 Å². The molecule has 10 heteroatoms. The van der Waals surface area contributed by atoms with Crippen molar-refractivity contribution in [3.63, 3.8) is 0 Å². The molecule has 3 N–H and O–H groups in total. The van der Waals surface area contributed by atoms with E-state index < -0.39 is 26.5 Å². The molecule has 0 spiro atoms. The monoisotopic (exact) mass is 800 g/mol. The molecule has 1 unspecified atom stereocenters. The molecule has 0 bridgehead atoms. The van der Waals surface area contributed by atoms with Crippen LogP contribution in [-0.2, 0) is 32.7 Å². The average molecular weight is 800 g/mol. The van der Waals surface area contributed by atoms with Crippen molar-refractivity contribution < 1.29 is 37.6 Å². The van der Waals surface area contributed by atoms with E-state index >= 15 is 0 Å². The highest BCUT2D eigenvalue weighted by Crippen LogP contribution is 2.43. The summed E-state index contributed by atoms with van der Waals surface area (Å²) in [6, 6.07) is 0. The van der Waals surface area contributed by atoms with Crippen LogP contribution in [-0.4, -0.2) is 49.3 Å². The molecule has 2 atom stereocenters. The number of allylic oxidation sites excluding steroid dienone is 4. The zero-order valence-corrected chi connectivity index (χ0v) is 36.6. The molecular formula is C45H86NO8P. The maximum absolute atomic E-state index is 12.6. The molecule has 0 aromatic rings. The average Bonchev–Trinajstić information content (AvgIpc) is 3.17. The van der Waals surface area contributed by atoms with Gasteiger partial charge in [0.2, 0.25) is 0 Å². The number of nitrogens with two attached hydrogens (primary N) is 1. The van der Waals surface area contributed by atoms with Crippen LogP contribution in [0.25, 0.3) is 0 Å². The lowest BCUT2D eigenvalue weighted by molar-refractivity contribution is -0.161. The van der Waals surface area contributed by atoms with Gasteiger partial charge in [-0.2, -0.15) is 0 Å². The molecule has 0 aliphatic heterocycles. The van der Waals surface area contributed by atoms with E-state index in [2.05, 4.69) is 38.2 Å². The van der Waals surface area contributed by atoms with Crippen LogP contribution < -0.4 is 5.73 Å². The van der Waals surface area contributed by atoms with Gasteiger partial charge in [0.25, 0.3) is 0 Å². The summed E-state index contributed by atoms with van der Waals surface area (Å²) in [7, 11) is -4.38. The number of hydrogen-bond donors (Lipinski definition) is 2. The maximum atomic E-state index is 12.6. The minimum Gasteiger partial charge on any atom is -0.462 e. The molecule has 55 heavy (non-hydrogen) atoms. The van der Waals surface area contributed by atoms with Crippen molar-refractivity contribution >= 4 is 19.8 Å². The number of phosphoric acid groups is 1. The van der Waals surface area contributed by atoms with Crippen molar-refractivity contribution in [2.24, 2.45) is 5.73 Å². The number of rotatable bonds is 43. The first-order valence-corrected chi connectivity index (χ1v) is 24.3. The van der Waals surface area contributed by atoms with Crippen LogP contribution in [0.2, 0.25) is 0 Å². The Kier molecular flexibility index (Phi) is 40.9. The van der Waals surface area contributed by atoms with Crippen LogP contribution in [0.4, 0.5) is 0 Å². The molecule has 0 saturated carbocycles. The number of phosphoric ester groups is 1. The predicted octanol–water partition coefficient (Wildman–Crippen LogP) is 13.2. The summed E-state index contributed by atoms with van der Waals surface area (Å²) < 4.78 is 32.8. The zero-order chi connectivity index (χ0) is 40.3. The van der Waals surface area contributed by atoms with Gasteiger partial charge >= 0.3 is 19.8 Å². The number of carbonyl (C=O) groups is 2.